The summed E-state index contributed by atoms with van der Waals surface area (Å²) in [6, 6.07) is 12.4. The average Bonchev–Trinajstić information content (AvgIpc) is 2.46. The zero-order valence-corrected chi connectivity index (χ0v) is 12.8. The molecule has 0 bridgehead atoms. The smallest absolute Gasteiger partial charge is 0.224 e. The number of hydrogen-bond donors (Lipinski definition) is 2. The summed E-state index contributed by atoms with van der Waals surface area (Å²) in [5.41, 5.74) is 11.5. The molecule has 0 unspecified atom stereocenters. The lowest BCUT2D eigenvalue weighted by Gasteiger charge is -2.19. The first-order chi connectivity index (χ1) is 10.1. The molecule has 3 rings (SSSR count). The monoisotopic (exact) mass is 298 g/mol. The number of hydrogen-bond acceptors (Lipinski definition) is 3. The Morgan fingerprint density at radius 1 is 1.24 bits per heavy atom. The predicted molar refractivity (Wildman–Crippen MR) is 88.5 cm³/mol. The van der Waals surface area contributed by atoms with Crippen molar-refractivity contribution in [3.8, 4) is 0 Å². The van der Waals surface area contributed by atoms with Gasteiger partial charge in [-0.05, 0) is 42.2 Å². The predicted octanol–water partition coefficient (Wildman–Crippen LogP) is 3.75. The second-order valence-electron chi connectivity index (χ2n) is 5.31. The molecule has 108 valence electrons. The van der Waals surface area contributed by atoms with Crippen LogP contribution < -0.4 is 11.1 Å². The standard InChI is InChI=1S/C17H18N2OS/c1-11-4-2-3-5-13(11)10-21-16-8-12-6-7-17(20)19-15(12)9-14(16)18/h2-5,8-9H,6-7,10,18H2,1H3,(H,19,20). The van der Waals surface area contributed by atoms with Crippen LogP contribution in [0.4, 0.5) is 11.4 Å². The lowest BCUT2D eigenvalue weighted by atomic mass is 10.0. The van der Waals surface area contributed by atoms with Gasteiger partial charge in [0.15, 0.2) is 0 Å². The molecule has 1 heterocycles. The quantitative estimate of drug-likeness (QED) is 0.670. The maximum atomic E-state index is 11.4. The summed E-state index contributed by atoms with van der Waals surface area (Å²) in [5, 5.41) is 2.88. The summed E-state index contributed by atoms with van der Waals surface area (Å²) in [4.78, 5) is 12.5. The van der Waals surface area contributed by atoms with E-state index < -0.39 is 0 Å². The molecule has 0 radical (unpaired) electrons. The topological polar surface area (TPSA) is 55.1 Å². The van der Waals surface area contributed by atoms with Crippen LogP contribution in [0.3, 0.4) is 0 Å². The van der Waals surface area contributed by atoms with Crippen LogP contribution in [0.1, 0.15) is 23.1 Å². The van der Waals surface area contributed by atoms with Crippen molar-refractivity contribution in [2.24, 2.45) is 0 Å². The number of carbonyl (C=O) groups excluding carboxylic acids is 1. The average molecular weight is 298 g/mol. The van der Waals surface area contributed by atoms with Gasteiger partial charge in [-0.2, -0.15) is 0 Å². The summed E-state index contributed by atoms with van der Waals surface area (Å²) in [5.74, 6) is 0.976. The van der Waals surface area contributed by atoms with E-state index in [-0.39, 0.29) is 5.91 Å². The van der Waals surface area contributed by atoms with Crippen LogP contribution in [0.2, 0.25) is 0 Å². The molecule has 3 nitrogen and oxygen atoms in total. The zero-order chi connectivity index (χ0) is 14.8. The molecule has 0 spiro atoms. The van der Waals surface area contributed by atoms with Crippen molar-refractivity contribution in [1.82, 2.24) is 0 Å². The Bertz CT molecular complexity index is 697. The van der Waals surface area contributed by atoms with E-state index in [1.807, 2.05) is 6.07 Å². The number of thioether (sulfide) groups is 1. The molecule has 0 saturated carbocycles. The fourth-order valence-corrected chi connectivity index (χ4v) is 3.56. The van der Waals surface area contributed by atoms with Gasteiger partial charge in [-0.3, -0.25) is 4.79 Å². The van der Waals surface area contributed by atoms with Crippen molar-refractivity contribution in [1.29, 1.82) is 0 Å². The molecule has 3 N–H and O–H groups in total. The third-order valence-electron chi connectivity index (χ3n) is 3.78. The van der Waals surface area contributed by atoms with E-state index in [0.717, 1.165) is 28.4 Å². The molecule has 0 saturated heterocycles. The zero-order valence-electron chi connectivity index (χ0n) is 12.0. The van der Waals surface area contributed by atoms with Crippen molar-refractivity contribution in [3.05, 3.63) is 53.1 Å². The van der Waals surface area contributed by atoms with Crippen molar-refractivity contribution < 1.29 is 4.79 Å². The second kappa shape index (κ2) is 5.82. The number of carbonyl (C=O) groups is 1. The maximum absolute atomic E-state index is 11.4. The van der Waals surface area contributed by atoms with Crippen LogP contribution in [0.25, 0.3) is 0 Å². The van der Waals surface area contributed by atoms with Gasteiger partial charge in [0.25, 0.3) is 0 Å². The Morgan fingerprint density at radius 2 is 2.05 bits per heavy atom. The van der Waals surface area contributed by atoms with Gasteiger partial charge < -0.3 is 11.1 Å². The number of amides is 1. The number of benzene rings is 2. The molecule has 1 aliphatic rings. The van der Waals surface area contributed by atoms with Crippen molar-refractivity contribution >= 4 is 29.0 Å². The van der Waals surface area contributed by atoms with Gasteiger partial charge in [0.2, 0.25) is 5.91 Å². The highest BCUT2D eigenvalue weighted by Crippen LogP contribution is 2.35. The third-order valence-corrected chi connectivity index (χ3v) is 4.90. The van der Waals surface area contributed by atoms with Crippen molar-refractivity contribution in [2.75, 3.05) is 11.1 Å². The van der Waals surface area contributed by atoms with E-state index >= 15 is 0 Å². The Morgan fingerprint density at radius 3 is 2.86 bits per heavy atom. The molecule has 1 amide bonds. The summed E-state index contributed by atoms with van der Waals surface area (Å²) in [6.45, 7) is 2.13. The van der Waals surface area contributed by atoms with Gasteiger partial charge >= 0.3 is 0 Å². The van der Waals surface area contributed by atoms with Gasteiger partial charge in [-0.25, -0.2) is 0 Å². The highest BCUT2D eigenvalue weighted by Gasteiger charge is 2.16. The molecule has 2 aromatic rings. The molecule has 2 aromatic carbocycles. The number of nitrogens with two attached hydrogens (primary N) is 1. The van der Waals surface area contributed by atoms with E-state index in [1.54, 1.807) is 11.8 Å². The van der Waals surface area contributed by atoms with E-state index in [0.29, 0.717) is 6.42 Å². The molecular weight excluding hydrogens is 280 g/mol. The Balaban J connectivity index is 1.80. The molecule has 0 fully saturated rings. The largest absolute Gasteiger partial charge is 0.398 e. The van der Waals surface area contributed by atoms with Gasteiger partial charge in [0, 0.05) is 28.4 Å². The summed E-state index contributed by atoms with van der Waals surface area (Å²) < 4.78 is 0. The van der Waals surface area contributed by atoms with E-state index in [1.165, 1.54) is 16.7 Å². The van der Waals surface area contributed by atoms with Crippen LogP contribution in [-0.2, 0) is 17.0 Å². The highest BCUT2D eigenvalue weighted by molar-refractivity contribution is 7.98. The van der Waals surface area contributed by atoms with Crippen LogP contribution in [0, 0.1) is 6.92 Å². The number of fused-ring (bicyclic) bond motifs is 1. The van der Waals surface area contributed by atoms with E-state index in [2.05, 4.69) is 42.6 Å². The number of nitrogen functional groups attached to an aromatic ring is 1. The minimum atomic E-state index is 0.0715. The molecule has 0 atom stereocenters. The van der Waals surface area contributed by atoms with Crippen LogP contribution in [0.15, 0.2) is 41.3 Å². The van der Waals surface area contributed by atoms with E-state index in [9.17, 15) is 4.79 Å². The van der Waals surface area contributed by atoms with Gasteiger partial charge in [0.05, 0.1) is 0 Å². The first-order valence-corrected chi connectivity index (χ1v) is 8.01. The Labute approximate surface area is 128 Å². The SMILES string of the molecule is Cc1ccccc1CSc1cc2c(cc1N)NC(=O)CC2. The Kier molecular flexibility index (Phi) is 3.88. The number of aryl methyl sites for hydroxylation is 2. The lowest BCUT2D eigenvalue weighted by Crippen LogP contribution is -2.19. The fourth-order valence-electron chi connectivity index (χ4n) is 2.48. The normalized spacial score (nSPS) is 13.7. The lowest BCUT2D eigenvalue weighted by molar-refractivity contribution is -0.116. The minimum Gasteiger partial charge on any atom is -0.398 e. The molecule has 1 aliphatic heterocycles. The second-order valence-corrected chi connectivity index (χ2v) is 6.33. The van der Waals surface area contributed by atoms with Gasteiger partial charge in [-0.15, -0.1) is 11.8 Å². The fraction of sp³-hybridized carbons (Fsp3) is 0.235. The molecular formula is C17H18N2OS. The molecule has 4 heteroatoms. The molecule has 0 aromatic heterocycles. The molecule has 0 aliphatic carbocycles. The van der Waals surface area contributed by atoms with E-state index in [4.69, 9.17) is 5.73 Å². The number of rotatable bonds is 3. The number of anilines is 2. The first-order valence-electron chi connectivity index (χ1n) is 7.03. The first kappa shape index (κ1) is 14.0. The van der Waals surface area contributed by atoms with Crippen LogP contribution in [0.5, 0.6) is 0 Å². The van der Waals surface area contributed by atoms with Crippen molar-refractivity contribution in [2.45, 2.75) is 30.4 Å². The minimum absolute atomic E-state index is 0.0715. The molecule has 21 heavy (non-hydrogen) atoms. The Hall–Kier alpha value is -1.94. The summed E-state index contributed by atoms with van der Waals surface area (Å²) in [7, 11) is 0. The van der Waals surface area contributed by atoms with Crippen LogP contribution in [-0.4, -0.2) is 5.91 Å². The highest BCUT2D eigenvalue weighted by atomic mass is 32.2. The third kappa shape index (κ3) is 3.05. The van der Waals surface area contributed by atoms with Crippen LogP contribution >= 0.6 is 11.8 Å². The number of nitrogens with one attached hydrogen (secondary N) is 1. The van der Waals surface area contributed by atoms with Crippen molar-refractivity contribution in [3.63, 3.8) is 0 Å². The summed E-state index contributed by atoms with van der Waals surface area (Å²) in [6.07, 6.45) is 1.35. The van der Waals surface area contributed by atoms with Gasteiger partial charge in [-0.1, -0.05) is 24.3 Å². The summed E-state index contributed by atoms with van der Waals surface area (Å²) >= 11 is 1.75. The maximum Gasteiger partial charge on any atom is 0.224 e. The van der Waals surface area contributed by atoms with Gasteiger partial charge in [0.1, 0.15) is 0 Å².